The van der Waals surface area contributed by atoms with E-state index in [1.165, 1.54) is 6.42 Å². The summed E-state index contributed by atoms with van der Waals surface area (Å²) in [5.74, 6) is 0. The van der Waals surface area contributed by atoms with E-state index in [-0.39, 0.29) is 6.04 Å². The van der Waals surface area contributed by atoms with E-state index in [0.29, 0.717) is 16.1 Å². The Kier molecular flexibility index (Phi) is 7.90. The zero-order valence-corrected chi connectivity index (χ0v) is 14.4. The van der Waals surface area contributed by atoms with E-state index < -0.39 is 0 Å². The van der Waals surface area contributed by atoms with Crippen LogP contribution in [0.15, 0.2) is 18.2 Å². The van der Waals surface area contributed by atoms with Crippen molar-refractivity contribution >= 4 is 23.2 Å². The number of halogens is 2. The summed E-state index contributed by atoms with van der Waals surface area (Å²) < 4.78 is 0. The molecule has 2 nitrogen and oxygen atoms in total. The molecule has 0 radical (unpaired) electrons. The van der Waals surface area contributed by atoms with Crippen molar-refractivity contribution in [2.45, 2.75) is 45.7 Å². The smallest absolute Gasteiger partial charge is 0.0640 e. The Morgan fingerprint density at radius 2 is 1.90 bits per heavy atom. The third kappa shape index (κ3) is 4.92. The van der Waals surface area contributed by atoms with E-state index in [0.717, 1.165) is 25.1 Å². The van der Waals surface area contributed by atoms with Gasteiger partial charge in [-0.2, -0.15) is 0 Å². The van der Waals surface area contributed by atoms with Gasteiger partial charge in [-0.3, -0.25) is 0 Å². The highest BCUT2D eigenvalue weighted by molar-refractivity contribution is 6.42. The Labute approximate surface area is 133 Å². The normalized spacial score (nSPS) is 13.2. The molecular weight excluding hydrogens is 291 g/mol. The van der Waals surface area contributed by atoms with Crippen molar-refractivity contribution in [2.24, 2.45) is 0 Å². The minimum Gasteiger partial charge on any atom is -0.313 e. The lowest BCUT2D eigenvalue weighted by molar-refractivity contribution is 0.211. The Bertz CT molecular complexity index is 407. The second-order valence-electron chi connectivity index (χ2n) is 5.40. The number of benzene rings is 1. The number of nitrogens with zero attached hydrogens (tertiary/aromatic N) is 1. The van der Waals surface area contributed by atoms with Crippen LogP contribution >= 0.6 is 23.2 Å². The molecule has 0 spiro atoms. The van der Waals surface area contributed by atoms with Crippen molar-refractivity contribution in [1.82, 2.24) is 10.2 Å². The average molecular weight is 317 g/mol. The highest BCUT2D eigenvalue weighted by Crippen LogP contribution is 2.31. The number of rotatable bonds is 8. The molecule has 1 unspecified atom stereocenters. The van der Waals surface area contributed by atoms with Crippen LogP contribution in [0.5, 0.6) is 0 Å². The molecule has 0 aliphatic heterocycles. The van der Waals surface area contributed by atoms with Crippen LogP contribution in [0, 0.1) is 0 Å². The van der Waals surface area contributed by atoms with Gasteiger partial charge >= 0.3 is 0 Å². The van der Waals surface area contributed by atoms with Gasteiger partial charge < -0.3 is 10.2 Å². The first-order valence-corrected chi connectivity index (χ1v) is 8.12. The van der Waals surface area contributed by atoms with E-state index in [2.05, 4.69) is 37.1 Å². The molecule has 0 saturated carbocycles. The maximum Gasteiger partial charge on any atom is 0.0640 e. The van der Waals surface area contributed by atoms with Gasteiger partial charge in [-0.15, -0.1) is 0 Å². The number of hydrogen-bond acceptors (Lipinski definition) is 2. The maximum absolute atomic E-state index is 6.32. The summed E-state index contributed by atoms with van der Waals surface area (Å²) in [5.41, 5.74) is 1.09. The van der Waals surface area contributed by atoms with Crippen LogP contribution in [0.4, 0.5) is 0 Å². The lowest BCUT2D eigenvalue weighted by atomic mass is 10.0. The molecule has 1 aromatic carbocycles. The lowest BCUT2D eigenvalue weighted by Gasteiger charge is -2.28. The molecule has 4 heteroatoms. The van der Waals surface area contributed by atoms with Gasteiger partial charge in [0.1, 0.15) is 0 Å². The molecular formula is C16H26Cl2N2. The average Bonchev–Trinajstić information content (AvgIpc) is 2.42. The summed E-state index contributed by atoms with van der Waals surface area (Å²) >= 11 is 12.4. The van der Waals surface area contributed by atoms with Crippen LogP contribution in [0.1, 0.15) is 45.2 Å². The van der Waals surface area contributed by atoms with Gasteiger partial charge in [0.25, 0.3) is 0 Å². The summed E-state index contributed by atoms with van der Waals surface area (Å²) in [6, 6.07) is 6.65. The van der Waals surface area contributed by atoms with Crippen LogP contribution in [0.3, 0.4) is 0 Å². The van der Waals surface area contributed by atoms with E-state index in [4.69, 9.17) is 23.2 Å². The molecule has 0 aliphatic carbocycles. The van der Waals surface area contributed by atoms with Crippen molar-refractivity contribution in [3.05, 3.63) is 33.8 Å². The SMILES string of the molecule is CCCN(CCC(NC)c1cccc(Cl)c1Cl)C(C)C. The third-order valence-corrected chi connectivity index (χ3v) is 4.48. The molecule has 0 bridgehead atoms. The first-order chi connectivity index (χ1) is 9.51. The molecule has 0 heterocycles. The van der Waals surface area contributed by atoms with Crippen molar-refractivity contribution in [2.75, 3.05) is 20.1 Å². The molecule has 1 aromatic rings. The quantitative estimate of drug-likeness (QED) is 0.743. The van der Waals surface area contributed by atoms with Crippen molar-refractivity contribution in [3.8, 4) is 0 Å². The molecule has 1 rings (SSSR count). The fourth-order valence-corrected chi connectivity index (χ4v) is 2.89. The molecule has 0 amide bonds. The fraction of sp³-hybridized carbons (Fsp3) is 0.625. The molecule has 0 aliphatic rings. The van der Waals surface area contributed by atoms with Crippen LogP contribution in [0.2, 0.25) is 10.0 Å². The topological polar surface area (TPSA) is 15.3 Å². The Morgan fingerprint density at radius 3 is 2.45 bits per heavy atom. The molecule has 1 N–H and O–H groups in total. The van der Waals surface area contributed by atoms with Crippen LogP contribution in [-0.2, 0) is 0 Å². The van der Waals surface area contributed by atoms with E-state index in [1.807, 2.05) is 19.2 Å². The minimum atomic E-state index is 0.235. The number of nitrogens with one attached hydrogen (secondary N) is 1. The van der Waals surface area contributed by atoms with Gasteiger partial charge in [-0.05, 0) is 51.9 Å². The largest absolute Gasteiger partial charge is 0.313 e. The highest BCUT2D eigenvalue weighted by Gasteiger charge is 2.17. The molecule has 0 fully saturated rings. The van der Waals surface area contributed by atoms with Gasteiger partial charge in [-0.1, -0.05) is 42.3 Å². The summed E-state index contributed by atoms with van der Waals surface area (Å²) in [7, 11) is 1.97. The molecule has 0 saturated heterocycles. The van der Waals surface area contributed by atoms with Gasteiger partial charge in [-0.25, -0.2) is 0 Å². The van der Waals surface area contributed by atoms with Crippen molar-refractivity contribution < 1.29 is 0 Å². The van der Waals surface area contributed by atoms with Crippen LogP contribution < -0.4 is 5.32 Å². The molecule has 114 valence electrons. The Hall–Kier alpha value is -0.280. The van der Waals surface area contributed by atoms with Gasteiger partial charge in [0, 0.05) is 18.6 Å². The van der Waals surface area contributed by atoms with Crippen molar-refractivity contribution in [1.29, 1.82) is 0 Å². The predicted molar refractivity (Wildman–Crippen MR) is 89.9 cm³/mol. The minimum absolute atomic E-state index is 0.235. The van der Waals surface area contributed by atoms with Gasteiger partial charge in [0.2, 0.25) is 0 Å². The zero-order valence-electron chi connectivity index (χ0n) is 12.9. The summed E-state index contributed by atoms with van der Waals surface area (Å²) in [6.45, 7) is 8.91. The fourth-order valence-electron chi connectivity index (χ4n) is 2.46. The lowest BCUT2D eigenvalue weighted by Crippen LogP contribution is -2.34. The third-order valence-electron chi connectivity index (χ3n) is 3.65. The standard InChI is InChI=1S/C16H26Cl2N2/c1-5-10-20(12(2)3)11-9-15(19-4)13-7-6-8-14(17)16(13)18/h6-8,12,15,19H,5,9-11H2,1-4H3. The maximum atomic E-state index is 6.32. The van der Waals surface area contributed by atoms with E-state index in [9.17, 15) is 0 Å². The number of hydrogen-bond donors (Lipinski definition) is 1. The highest BCUT2D eigenvalue weighted by atomic mass is 35.5. The second-order valence-corrected chi connectivity index (χ2v) is 6.19. The Balaban J connectivity index is 2.74. The summed E-state index contributed by atoms with van der Waals surface area (Å²) in [6.07, 6.45) is 2.20. The van der Waals surface area contributed by atoms with Gasteiger partial charge in [0.15, 0.2) is 0 Å². The first-order valence-electron chi connectivity index (χ1n) is 7.36. The summed E-state index contributed by atoms with van der Waals surface area (Å²) in [4.78, 5) is 2.50. The van der Waals surface area contributed by atoms with Gasteiger partial charge in [0.05, 0.1) is 10.0 Å². The summed E-state index contributed by atoms with van der Waals surface area (Å²) in [5, 5.41) is 4.64. The molecule has 0 aromatic heterocycles. The zero-order chi connectivity index (χ0) is 15.1. The predicted octanol–water partition coefficient (Wildman–Crippen LogP) is 4.76. The van der Waals surface area contributed by atoms with Crippen LogP contribution in [-0.4, -0.2) is 31.1 Å². The first kappa shape index (κ1) is 17.8. The second kappa shape index (κ2) is 8.89. The van der Waals surface area contributed by atoms with E-state index >= 15 is 0 Å². The van der Waals surface area contributed by atoms with Crippen LogP contribution in [0.25, 0.3) is 0 Å². The monoisotopic (exact) mass is 316 g/mol. The van der Waals surface area contributed by atoms with E-state index in [1.54, 1.807) is 0 Å². The molecule has 20 heavy (non-hydrogen) atoms. The van der Waals surface area contributed by atoms with Crippen molar-refractivity contribution in [3.63, 3.8) is 0 Å². The Morgan fingerprint density at radius 1 is 1.20 bits per heavy atom. The molecule has 1 atom stereocenters.